The molecule has 2 bridgehead atoms. The summed E-state index contributed by atoms with van der Waals surface area (Å²) >= 11 is 0. The van der Waals surface area contributed by atoms with Crippen molar-refractivity contribution in [1.29, 1.82) is 0 Å². The molecule has 34 heavy (non-hydrogen) atoms. The van der Waals surface area contributed by atoms with Crippen molar-refractivity contribution in [2.45, 2.75) is 32.5 Å². The van der Waals surface area contributed by atoms with Gasteiger partial charge < -0.3 is 25.8 Å². The van der Waals surface area contributed by atoms with Gasteiger partial charge in [-0.05, 0) is 43.2 Å². The molecule has 2 aromatic rings. The molecule has 4 N–H and O–H groups in total. The zero-order chi connectivity index (χ0) is 24.5. The zero-order valence-electron chi connectivity index (χ0n) is 19.4. The highest BCUT2D eigenvalue weighted by Gasteiger charge is 2.26. The van der Waals surface area contributed by atoms with Crippen LogP contribution in [0.2, 0.25) is 0 Å². The fourth-order valence-electron chi connectivity index (χ4n) is 3.55. The molecule has 10 nitrogen and oxygen atoms in total. The molecular formula is C24H31N5O5. The lowest BCUT2D eigenvalue weighted by Gasteiger charge is -2.24. The number of hydrogen-bond acceptors (Lipinski definition) is 7. The molecule has 182 valence electrons. The Morgan fingerprint density at radius 2 is 2.03 bits per heavy atom. The molecule has 3 amide bonds. The van der Waals surface area contributed by atoms with E-state index in [1.54, 1.807) is 30.6 Å². The first kappa shape index (κ1) is 25.1. The smallest absolute Gasteiger partial charge is 0.252 e. The Bertz CT molecular complexity index is 999. The largest absolute Gasteiger partial charge is 0.491 e. The van der Waals surface area contributed by atoms with Crippen LogP contribution in [0.15, 0.2) is 42.7 Å². The van der Waals surface area contributed by atoms with Crippen LogP contribution in [-0.4, -0.2) is 77.6 Å². The number of hydrogen-bond donors (Lipinski definition) is 4. The molecule has 1 aromatic carbocycles. The molecule has 0 spiro atoms. The number of aliphatic hydroxyl groups is 1. The van der Waals surface area contributed by atoms with Crippen molar-refractivity contribution in [3.63, 3.8) is 0 Å². The summed E-state index contributed by atoms with van der Waals surface area (Å²) in [6, 6.07) is 7.54. The molecule has 2 heterocycles. The van der Waals surface area contributed by atoms with Gasteiger partial charge in [-0.3, -0.25) is 24.3 Å². The molecule has 2 atom stereocenters. The van der Waals surface area contributed by atoms with Crippen LogP contribution >= 0.6 is 0 Å². The molecule has 0 unspecified atom stereocenters. The minimum Gasteiger partial charge on any atom is -0.491 e. The summed E-state index contributed by atoms with van der Waals surface area (Å²) in [4.78, 5) is 44.0. The highest BCUT2D eigenvalue weighted by molar-refractivity contribution is 5.98. The van der Waals surface area contributed by atoms with E-state index in [-0.39, 0.29) is 25.6 Å². The Kier molecular flexibility index (Phi) is 8.94. The Hall–Kier alpha value is -3.50. The van der Waals surface area contributed by atoms with E-state index in [2.05, 4.69) is 20.9 Å². The van der Waals surface area contributed by atoms with Crippen LogP contribution in [0.1, 0.15) is 28.4 Å². The highest BCUT2D eigenvalue weighted by atomic mass is 16.5. The van der Waals surface area contributed by atoms with Crippen LogP contribution in [0.25, 0.3) is 0 Å². The number of pyridine rings is 1. The highest BCUT2D eigenvalue weighted by Crippen LogP contribution is 2.19. The zero-order valence-corrected chi connectivity index (χ0v) is 19.4. The fraction of sp³-hybridized carbons (Fsp3) is 0.417. The van der Waals surface area contributed by atoms with Gasteiger partial charge in [-0.1, -0.05) is 12.1 Å². The number of rotatable bonds is 3. The topological polar surface area (TPSA) is 133 Å². The van der Waals surface area contributed by atoms with E-state index in [0.717, 1.165) is 11.1 Å². The molecule has 0 saturated heterocycles. The van der Waals surface area contributed by atoms with Gasteiger partial charge in [-0.15, -0.1) is 0 Å². The molecule has 3 rings (SSSR count). The predicted molar refractivity (Wildman–Crippen MR) is 125 cm³/mol. The average molecular weight is 470 g/mol. The van der Waals surface area contributed by atoms with Gasteiger partial charge in [-0.2, -0.15) is 0 Å². The molecule has 0 aliphatic carbocycles. The monoisotopic (exact) mass is 469 g/mol. The van der Waals surface area contributed by atoms with E-state index in [4.69, 9.17) is 4.74 Å². The molecule has 0 radical (unpaired) electrons. The van der Waals surface area contributed by atoms with Gasteiger partial charge in [0, 0.05) is 37.6 Å². The van der Waals surface area contributed by atoms with Gasteiger partial charge in [0.25, 0.3) is 5.91 Å². The SMILES string of the molecule is Cc1ccc2cc1OCCNC(=O)CN(Cc1cccnc1)CCNC(=O)[C@H]([C@@H](C)O)NC2=O. The summed E-state index contributed by atoms with van der Waals surface area (Å²) in [5, 5.41) is 18.3. The minimum atomic E-state index is -1.14. The summed E-state index contributed by atoms with van der Waals surface area (Å²) in [7, 11) is 0. The summed E-state index contributed by atoms with van der Waals surface area (Å²) < 4.78 is 5.77. The van der Waals surface area contributed by atoms with E-state index >= 15 is 0 Å². The number of fused-ring (bicyclic) bond motifs is 2. The molecule has 0 fully saturated rings. The normalized spacial score (nSPS) is 19.7. The molecule has 0 saturated carbocycles. The van der Waals surface area contributed by atoms with Gasteiger partial charge in [0.1, 0.15) is 18.4 Å². The van der Waals surface area contributed by atoms with Gasteiger partial charge in [0.2, 0.25) is 11.8 Å². The van der Waals surface area contributed by atoms with E-state index in [9.17, 15) is 19.5 Å². The first-order valence-electron chi connectivity index (χ1n) is 11.2. The van der Waals surface area contributed by atoms with Crippen LogP contribution < -0.4 is 20.7 Å². The number of nitrogens with zero attached hydrogens (tertiary/aromatic N) is 2. The number of nitrogens with one attached hydrogen (secondary N) is 3. The van der Waals surface area contributed by atoms with Crippen molar-refractivity contribution >= 4 is 17.7 Å². The lowest BCUT2D eigenvalue weighted by atomic mass is 10.1. The molecule has 1 aliphatic rings. The van der Waals surface area contributed by atoms with Gasteiger partial charge in [-0.25, -0.2) is 0 Å². The number of ether oxygens (including phenoxy) is 1. The Balaban J connectivity index is 1.78. The molecule has 10 heteroatoms. The second-order valence-electron chi connectivity index (χ2n) is 8.23. The number of aliphatic hydroxyl groups excluding tert-OH is 1. The lowest BCUT2D eigenvalue weighted by Crippen LogP contribution is -2.53. The summed E-state index contributed by atoms with van der Waals surface area (Å²) in [5.74, 6) is -0.682. The molecule has 1 aliphatic heterocycles. The third-order valence-electron chi connectivity index (χ3n) is 5.41. The van der Waals surface area contributed by atoms with Crippen molar-refractivity contribution in [2.75, 3.05) is 32.8 Å². The second kappa shape index (κ2) is 12.1. The van der Waals surface area contributed by atoms with Crippen molar-refractivity contribution in [3.05, 3.63) is 59.4 Å². The summed E-state index contributed by atoms with van der Waals surface area (Å²) in [5.41, 5.74) is 2.06. The van der Waals surface area contributed by atoms with Crippen molar-refractivity contribution in [2.24, 2.45) is 0 Å². The molecule has 1 aromatic heterocycles. The van der Waals surface area contributed by atoms with Gasteiger partial charge in [0.15, 0.2) is 0 Å². The quantitative estimate of drug-likeness (QED) is 0.497. The number of carbonyl (C=O) groups is 3. The Morgan fingerprint density at radius 1 is 1.21 bits per heavy atom. The maximum atomic E-state index is 12.8. The first-order valence-corrected chi connectivity index (χ1v) is 11.2. The molecular weight excluding hydrogens is 438 g/mol. The standard InChI is InChI=1S/C24H31N5O5/c1-16-5-6-19-12-20(16)34-11-9-26-21(31)15-29(14-18-4-3-7-25-13-18)10-8-27-24(33)22(17(2)30)28-23(19)32/h3-7,12-13,17,22,30H,8-11,14-15H2,1-2H3,(H,26,31)(H,27,33)(H,28,32)/t17-,22+/m1/s1. The third kappa shape index (κ3) is 7.26. The van der Waals surface area contributed by atoms with E-state index in [1.807, 2.05) is 24.0 Å². The average Bonchev–Trinajstić information content (AvgIpc) is 2.81. The number of aromatic nitrogens is 1. The van der Waals surface area contributed by atoms with Crippen LogP contribution in [0.4, 0.5) is 0 Å². The van der Waals surface area contributed by atoms with E-state index < -0.39 is 24.0 Å². The number of benzene rings is 1. The van der Waals surface area contributed by atoms with Crippen LogP contribution in [0, 0.1) is 6.92 Å². The third-order valence-corrected chi connectivity index (χ3v) is 5.41. The van der Waals surface area contributed by atoms with Crippen molar-refractivity contribution in [3.8, 4) is 5.75 Å². The number of aryl methyl sites for hydroxylation is 1. The Labute approximate surface area is 198 Å². The summed E-state index contributed by atoms with van der Waals surface area (Å²) in [6.07, 6.45) is 2.29. The van der Waals surface area contributed by atoms with Gasteiger partial charge in [0.05, 0.1) is 19.2 Å². The minimum absolute atomic E-state index is 0.121. The van der Waals surface area contributed by atoms with Crippen LogP contribution in [0.5, 0.6) is 5.75 Å². The maximum absolute atomic E-state index is 12.8. The van der Waals surface area contributed by atoms with E-state index in [0.29, 0.717) is 30.9 Å². The van der Waals surface area contributed by atoms with Crippen LogP contribution in [-0.2, 0) is 16.1 Å². The van der Waals surface area contributed by atoms with Gasteiger partial charge >= 0.3 is 0 Å². The Morgan fingerprint density at radius 3 is 2.76 bits per heavy atom. The first-order chi connectivity index (χ1) is 16.3. The predicted octanol–water partition coefficient (Wildman–Crippen LogP) is -0.00378. The maximum Gasteiger partial charge on any atom is 0.252 e. The number of amides is 3. The fourth-order valence-corrected chi connectivity index (χ4v) is 3.55. The summed E-state index contributed by atoms with van der Waals surface area (Å²) in [6.45, 7) is 5.02. The van der Waals surface area contributed by atoms with Crippen molar-refractivity contribution in [1.82, 2.24) is 25.8 Å². The lowest BCUT2D eigenvalue weighted by molar-refractivity contribution is -0.125. The van der Waals surface area contributed by atoms with E-state index in [1.165, 1.54) is 6.92 Å². The van der Waals surface area contributed by atoms with Crippen molar-refractivity contribution < 1.29 is 24.2 Å². The number of carbonyl (C=O) groups excluding carboxylic acids is 3. The second-order valence-corrected chi connectivity index (χ2v) is 8.23. The van der Waals surface area contributed by atoms with Crippen LogP contribution in [0.3, 0.4) is 0 Å².